The number of pyridine rings is 1. The van der Waals surface area contributed by atoms with Crippen LogP contribution < -0.4 is 0 Å². The quantitative estimate of drug-likeness (QED) is 0.736. The Balaban J connectivity index is 1.40. The van der Waals surface area contributed by atoms with Gasteiger partial charge in [0.15, 0.2) is 0 Å². The van der Waals surface area contributed by atoms with E-state index >= 15 is 0 Å². The molecule has 4 rings (SSSR count). The monoisotopic (exact) mass is 338 g/mol. The Kier molecular flexibility index (Phi) is 4.19. The van der Waals surface area contributed by atoms with Crippen molar-refractivity contribution in [2.24, 2.45) is 0 Å². The third-order valence-electron chi connectivity index (χ3n) is 4.61. The molecule has 0 unspecified atom stereocenters. The molecule has 1 aliphatic heterocycles. The molecule has 1 aliphatic rings. The molecule has 3 heterocycles. The second-order valence-corrected chi connectivity index (χ2v) is 6.29. The molecule has 1 saturated heterocycles. The fourth-order valence-electron chi connectivity index (χ4n) is 3.27. The lowest BCUT2D eigenvalue weighted by Crippen LogP contribution is -2.48. The maximum absolute atomic E-state index is 13.3. The molecule has 1 aromatic carbocycles. The molecule has 1 fully saturated rings. The standard InChI is InChI=1S/C19H19FN4O/c20-16-5-3-4-15(12-16)14-22-8-10-23(11-9-22)19(25)17-13-21-24-7-2-1-6-18(17)24/h1-7,12-13H,8-11,14H2. The first kappa shape index (κ1) is 15.8. The summed E-state index contributed by atoms with van der Waals surface area (Å²) in [5.41, 5.74) is 2.43. The van der Waals surface area contributed by atoms with Crippen molar-refractivity contribution in [1.29, 1.82) is 0 Å². The van der Waals surface area contributed by atoms with Gasteiger partial charge in [0.25, 0.3) is 5.91 Å². The van der Waals surface area contributed by atoms with Gasteiger partial charge in [-0.05, 0) is 29.8 Å². The number of piperazine rings is 1. The minimum Gasteiger partial charge on any atom is -0.336 e. The van der Waals surface area contributed by atoms with Crippen LogP contribution in [0.1, 0.15) is 15.9 Å². The van der Waals surface area contributed by atoms with Crippen molar-refractivity contribution in [2.75, 3.05) is 26.2 Å². The highest BCUT2D eigenvalue weighted by Crippen LogP contribution is 2.16. The van der Waals surface area contributed by atoms with E-state index in [1.54, 1.807) is 22.8 Å². The van der Waals surface area contributed by atoms with Gasteiger partial charge in [-0.2, -0.15) is 5.10 Å². The molecule has 2 aromatic heterocycles. The van der Waals surface area contributed by atoms with E-state index in [0.29, 0.717) is 25.2 Å². The molecular formula is C19H19FN4O. The Bertz CT molecular complexity index is 899. The van der Waals surface area contributed by atoms with E-state index in [1.807, 2.05) is 35.4 Å². The molecule has 0 saturated carbocycles. The highest BCUT2D eigenvalue weighted by Gasteiger charge is 2.24. The van der Waals surface area contributed by atoms with Crippen molar-refractivity contribution < 1.29 is 9.18 Å². The Morgan fingerprint density at radius 3 is 2.72 bits per heavy atom. The van der Waals surface area contributed by atoms with Crippen LogP contribution >= 0.6 is 0 Å². The number of hydrogen-bond acceptors (Lipinski definition) is 3. The molecule has 0 bridgehead atoms. The number of benzene rings is 1. The van der Waals surface area contributed by atoms with Crippen LogP contribution in [0.3, 0.4) is 0 Å². The molecule has 0 atom stereocenters. The number of hydrogen-bond donors (Lipinski definition) is 0. The summed E-state index contributed by atoms with van der Waals surface area (Å²) in [6, 6.07) is 12.4. The van der Waals surface area contributed by atoms with Gasteiger partial charge in [0.1, 0.15) is 5.82 Å². The summed E-state index contributed by atoms with van der Waals surface area (Å²) in [7, 11) is 0. The molecule has 3 aromatic rings. The number of fused-ring (bicyclic) bond motifs is 1. The van der Waals surface area contributed by atoms with E-state index in [9.17, 15) is 9.18 Å². The lowest BCUT2D eigenvalue weighted by molar-refractivity contribution is 0.0630. The Hall–Kier alpha value is -2.73. The van der Waals surface area contributed by atoms with Crippen LogP contribution in [0.25, 0.3) is 5.52 Å². The van der Waals surface area contributed by atoms with Crippen LogP contribution in [-0.4, -0.2) is 51.5 Å². The molecule has 0 aliphatic carbocycles. The number of amides is 1. The summed E-state index contributed by atoms with van der Waals surface area (Å²) in [4.78, 5) is 16.9. The molecule has 0 radical (unpaired) electrons. The lowest BCUT2D eigenvalue weighted by Gasteiger charge is -2.34. The second kappa shape index (κ2) is 6.64. The van der Waals surface area contributed by atoms with Gasteiger partial charge in [0, 0.05) is 38.9 Å². The summed E-state index contributed by atoms with van der Waals surface area (Å²) in [6.45, 7) is 3.59. The first-order chi connectivity index (χ1) is 12.2. The number of rotatable bonds is 3. The molecule has 5 nitrogen and oxygen atoms in total. The number of nitrogens with zero attached hydrogens (tertiary/aromatic N) is 4. The van der Waals surface area contributed by atoms with Crippen molar-refractivity contribution in [2.45, 2.75) is 6.54 Å². The smallest absolute Gasteiger partial charge is 0.257 e. The van der Waals surface area contributed by atoms with Crippen molar-refractivity contribution in [1.82, 2.24) is 19.4 Å². The Morgan fingerprint density at radius 1 is 1.08 bits per heavy atom. The largest absolute Gasteiger partial charge is 0.336 e. The van der Waals surface area contributed by atoms with Crippen LogP contribution in [-0.2, 0) is 6.54 Å². The van der Waals surface area contributed by atoms with Crippen LogP contribution in [0, 0.1) is 5.82 Å². The van der Waals surface area contributed by atoms with Crippen molar-refractivity contribution in [3.63, 3.8) is 0 Å². The number of carbonyl (C=O) groups is 1. The fourth-order valence-corrected chi connectivity index (χ4v) is 3.27. The zero-order valence-electron chi connectivity index (χ0n) is 13.8. The van der Waals surface area contributed by atoms with Crippen molar-refractivity contribution in [3.05, 3.63) is 71.8 Å². The average Bonchev–Trinajstić information content (AvgIpc) is 3.06. The lowest BCUT2D eigenvalue weighted by atomic mass is 10.1. The van der Waals surface area contributed by atoms with E-state index in [4.69, 9.17) is 0 Å². The minimum absolute atomic E-state index is 0.0200. The van der Waals surface area contributed by atoms with E-state index in [0.717, 1.165) is 24.2 Å². The Morgan fingerprint density at radius 2 is 1.92 bits per heavy atom. The van der Waals surface area contributed by atoms with Crippen LogP contribution in [0.15, 0.2) is 54.9 Å². The third kappa shape index (κ3) is 3.25. The van der Waals surface area contributed by atoms with Gasteiger partial charge in [0.2, 0.25) is 0 Å². The second-order valence-electron chi connectivity index (χ2n) is 6.29. The fraction of sp³-hybridized carbons (Fsp3) is 0.263. The van der Waals surface area contributed by atoms with E-state index < -0.39 is 0 Å². The van der Waals surface area contributed by atoms with E-state index in [2.05, 4.69) is 10.00 Å². The first-order valence-corrected chi connectivity index (χ1v) is 8.39. The first-order valence-electron chi connectivity index (χ1n) is 8.39. The number of halogens is 1. The summed E-state index contributed by atoms with van der Waals surface area (Å²) in [5.74, 6) is -0.189. The summed E-state index contributed by atoms with van der Waals surface area (Å²) >= 11 is 0. The molecule has 0 N–H and O–H groups in total. The molecule has 25 heavy (non-hydrogen) atoms. The highest BCUT2D eigenvalue weighted by molar-refractivity contribution is 6.00. The van der Waals surface area contributed by atoms with Gasteiger partial charge >= 0.3 is 0 Å². The number of carbonyl (C=O) groups excluding carboxylic acids is 1. The topological polar surface area (TPSA) is 40.9 Å². The highest BCUT2D eigenvalue weighted by atomic mass is 19.1. The van der Waals surface area contributed by atoms with Gasteiger partial charge < -0.3 is 4.90 Å². The van der Waals surface area contributed by atoms with Gasteiger partial charge in [0.05, 0.1) is 17.3 Å². The average molecular weight is 338 g/mol. The SMILES string of the molecule is O=C(c1cnn2ccccc12)N1CCN(Cc2cccc(F)c2)CC1. The summed E-state index contributed by atoms with van der Waals surface area (Å²) in [5, 5.41) is 4.24. The molecular weight excluding hydrogens is 319 g/mol. The van der Waals surface area contributed by atoms with Gasteiger partial charge in [-0.15, -0.1) is 0 Å². The predicted octanol–water partition coefficient (Wildman–Crippen LogP) is 2.43. The van der Waals surface area contributed by atoms with Crippen molar-refractivity contribution >= 4 is 11.4 Å². The summed E-state index contributed by atoms with van der Waals surface area (Å²) in [6.07, 6.45) is 3.47. The van der Waals surface area contributed by atoms with E-state index in [-0.39, 0.29) is 11.7 Å². The molecule has 6 heteroatoms. The van der Waals surface area contributed by atoms with E-state index in [1.165, 1.54) is 6.07 Å². The van der Waals surface area contributed by atoms with Crippen LogP contribution in [0.2, 0.25) is 0 Å². The molecule has 0 spiro atoms. The van der Waals surface area contributed by atoms with Crippen LogP contribution in [0.4, 0.5) is 4.39 Å². The maximum Gasteiger partial charge on any atom is 0.257 e. The molecule has 128 valence electrons. The predicted molar refractivity (Wildman–Crippen MR) is 92.8 cm³/mol. The number of aromatic nitrogens is 2. The normalized spacial score (nSPS) is 15.6. The maximum atomic E-state index is 13.3. The van der Waals surface area contributed by atoms with Gasteiger partial charge in [-0.25, -0.2) is 8.91 Å². The van der Waals surface area contributed by atoms with Crippen molar-refractivity contribution in [3.8, 4) is 0 Å². The Labute approximate surface area is 145 Å². The third-order valence-corrected chi connectivity index (χ3v) is 4.61. The van der Waals surface area contributed by atoms with Crippen LogP contribution in [0.5, 0.6) is 0 Å². The van der Waals surface area contributed by atoms with Gasteiger partial charge in [-0.1, -0.05) is 18.2 Å². The van der Waals surface area contributed by atoms with Gasteiger partial charge in [-0.3, -0.25) is 9.69 Å². The summed E-state index contributed by atoms with van der Waals surface area (Å²) < 4.78 is 15.0. The zero-order chi connectivity index (χ0) is 17.2. The molecule has 1 amide bonds. The minimum atomic E-state index is -0.209. The zero-order valence-corrected chi connectivity index (χ0v) is 13.8.